The number of carbonyl (C=O) groups is 2. The van der Waals surface area contributed by atoms with E-state index in [-0.39, 0.29) is 23.8 Å². The number of nitrogens with zero attached hydrogens (tertiary/aromatic N) is 2. The molecule has 8 heteroatoms. The molecule has 2 N–H and O–H groups in total. The number of ether oxygens (including phenoxy) is 2. The quantitative estimate of drug-likeness (QED) is 0.211. The predicted octanol–water partition coefficient (Wildman–Crippen LogP) is 5.17. The summed E-state index contributed by atoms with van der Waals surface area (Å²) in [6, 6.07) is 11.5. The van der Waals surface area contributed by atoms with Gasteiger partial charge in [-0.25, -0.2) is 0 Å². The zero-order valence-electron chi connectivity index (χ0n) is 24.0. The third-order valence-electron chi connectivity index (χ3n) is 7.97. The minimum Gasteiger partial charge on any atom is -0.426 e. The molecular weight excluding hydrogens is 504 g/mol. The number of nitrogens with one attached hydrogen (secondary N) is 2. The summed E-state index contributed by atoms with van der Waals surface area (Å²) in [5, 5.41) is 1.94. The van der Waals surface area contributed by atoms with Crippen LogP contribution in [-0.2, 0) is 22.4 Å². The van der Waals surface area contributed by atoms with Gasteiger partial charge in [-0.2, -0.15) is 0 Å². The second kappa shape index (κ2) is 12.3. The molecule has 212 valence electrons. The van der Waals surface area contributed by atoms with E-state index < -0.39 is 0 Å². The number of esters is 2. The summed E-state index contributed by atoms with van der Waals surface area (Å²) < 4.78 is 11.9. The normalized spacial score (nSPS) is 17.6. The van der Waals surface area contributed by atoms with Crippen molar-refractivity contribution in [1.82, 2.24) is 19.8 Å². The van der Waals surface area contributed by atoms with E-state index in [0.717, 1.165) is 58.9 Å². The van der Waals surface area contributed by atoms with E-state index in [0.29, 0.717) is 37.2 Å². The predicted molar refractivity (Wildman–Crippen MR) is 158 cm³/mol. The van der Waals surface area contributed by atoms with E-state index in [2.05, 4.69) is 19.8 Å². The summed E-state index contributed by atoms with van der Waals surface area (Å²) in [7, 11) is 8.19. The summed E-state index contributed by atoms with van der Waals surface area (Å²) in [5.74, 6) is 0.305. The maximum absolute atomic E-state index is 13.2. The number of benzene rings is 2. The number of hydrogen-bond donors (Lipinski definition) is 2. The number of carbonyl (C=O) groups excluding carboxylic acids is 2. The van der Waals surface area contributed by atoms with Crippen LogP contribution in [0.1, 0.15) is 36.8 Å². The van der Waals surface area contributed by atoms with Gasteiger partial charge in [-0.05, 0) is 102 Å². The van der Waals surface area contributed by atoms with Gasteiger partial charge in [-0.1, -0.05) is 12.1 Å². The zero-order chi connectivity index (χ0) is 28.2. The van der Waals surface area contributed by atoms with E-state index in [1.807, 2.05) is 77.0 Å². The number of H-pyrrole nitrogens is 2. The average Bonchev–Trinajstić information content (AvgIpc) is 3.56. The van der Waals surface area contributed by atoms with E-state index in [1.54, 1.807) is 0 Å². The molecular formula is C32H40N4O4. The van der Waals surface area contributed by atoms with E-state index >= 15 is 0 Å². The molecule has 2 aromatic carbocycles. The fourth-order valence-corrected chi connectivity index (χ4v) is 5.64. The number of aromatic nitrogens is 2. The molecule has 1 aliphatic rings. The standard InChI is InChI=1S/C32H40N4O4/c1-35(2)17-15-23-19-33-25-7-5-9-27(29(23)25)39-31(37)21-11-13-22(14-12-21)32(38)40-28-10-6-8-26-30(28)24(20-34-26)16-18-36(3)4/h5-10,19-22,33-34H,11-18H2,1-4H3/t21-,22-. The molecule has 8 nitrogen and oxygen atoms in total. The van der Waals surface area contributed by atoms with E-state index in [1.165, 1.54) is 0 Å². The smallest absolute Gasteiger partial charge is 0.314 e. The molecule has 2 aromatic heterocycles. The molecule has 0 spiro atoms. The summed E-state index contributed by atoms with van der Waals surface area (Å²) in [5.41, 5.74) is 4.21. The van der Waals surface area contributed by atoms with Gasteiger partial charge in [0, 0.05) is 47.3 Å². The molecule has 2 heterocycles. The van der Waals surface area contributed by atoms with Crippen LogP contribution in [0.25, 0.3) is 21.8 Å². The van der Waals surface area contributed by atoms with Crippen molar-refractivity contribution in [2.45, 2.75) is 38.5 Å². The van der Waals surface area contributed by atoms with Gasteiger partial charge in [-0.3, -0.25) is 9.59 Å². The van der Waals surface area contributed by atoms with Crippen LogP contribution in [0.3, 0.4) is 0 Å². The first-order valence-corrected chi connectivity index (χ1v) is 14.2. The van der Waals surface area contributed by atoms with Gasteiger partial charge in [0.25, 0.3) is 0 Å². The lowest BCUT2D eigenvalue weighted by Gasteiger charge is -2.26. The Morgan fingerprint density at radius 1 is 0.700 bits per heavy atom. The number of likely N-dealkylation sites (N-methyl/N-ethyl adjacent to an activating group) is 2. The highest BCUT2D eigenvalue weighted by Gasteiger charge is 2.33. The van der Waals surface area contributed by atoms with Crippen molar-refractivity contribution >= 4 is 33.7 Å². The lowest BCUT2D eigenvalue weighted by atomic mass is 9.82. The van der Waals surface area contributed by atoms with E-state index in [4.69, 9.17) is 9.47 Å². The van der Waals surface area contributed by atoms with Crippen LogP contribution in [0.4, 0.5) is 0 Å². The van der Waals surface area contributed by atoms with Crippen molar-refractivity contribution in [2.75, 3.05) is 41.3 Å². The Balaban J connectivity index is 1.20. The molecule has 0 aliphatic heterocycles. The number of aromatic amines is 2. The molecule has 40 heavy (non-hydrogen) atoms. The molecule has 0 amide bonds. The summed E-state index contributed by atoms with van der Waals surface area (Å²) in [4.78, 5) is 37.2. The van der Waals surface area contributed by atoms with Crippen LogP contribution in [0, 0.1) is 11.8 Å². The molecule has 4 aromatic rings. The Morgan fingerprint density at radius 2 is 1.10 bits per heavy atom. The van der Waals surface area contributed by atoms with Crippen molar-refractivity contribution < 1.29 is 19.1 Å². The molecule has 5 rings (SSSR count). The van der Waals surface area contributed by atoms with Gasteiger partial charge in [0.15, 0.2) is 0 Å². The molecule has 0 unspecified atom stereocenters. The largest absolute Gasteiger partial charge is 0.426 e. The topological polar surface area (TPSA) is 90.7 Å². The van der Waals surface area contributed by atoms with Gasteiger partial charge in [-0.15, -0.1) is 0 Å². The zero-order valence-corrected chi connectivity index (χ0v) is 24.0. The molecule has 0 radical (unpaired) electrons. The van der Waals surface area contributed by atoms with Crippen LogP contribution in [-0.4, -0.2) is 73.0 Å². The number of rotatable bonds is 10. The molecule has 1 saturated carbocycles. The highest BCUT2D eigenvalue weighted by atomic mass is 16.5. The van der Waals surface area contributed by atoms with Crippen molar-refractivity contribution in [3.05, 3.63) is 59.9 Å². The number of hydrogen-bond acceptors (Lipinski definition) is 6. The Hall–Kier alpha value is -3.62. The summed E-state index contributed by atoms with van der Waals surface area (Å²) >= 11 is 0. The Morgan fingerprint density at radius 3 is 1.48 bits per heavy atom. The van der Waals surface area contributed by atoms with Crippen molar-refractivity contribution in [3.63, 3.8) is 0 Å². The van der Waals surface area contributed by atoms with Crippen molar-refractivity contribution in [1.29, 1.82) is 0 Å². The van der Waals surface area contributed by atoms with Crippen LogP contribution in [0.2, 0.25) is 0 Å². The van der Waals surface area contributed by atoms with Crippen LogP contribution >= 0.6 is 0 Å². The molecule has 0 saturated heterocycles. The second-order valence-corrected chi connectivity index (χ2v) is 11.5. The molecule has 1 aliphatic carbocycles. The lowest BCUT2D eigenvalue weighted by Crippen LogP contribution is -2.30. The summed E-state index contributed by atoms with van der Waals surface area (Å²) in [6.45, 7) is 1.82. The van der Waals surface area contributed by atoms with Crippen LogP contribution < -0.4 is 9.47 Å². The molecule has 0 bridgehead atoms. The molecule has 1 fully saturated rings. The SMILES string of the molecule is CN(C)CCc1c[nH]c2cccc(OC(=O)[C@H]3CC[C@H](C(=O)Oc4cccc5[nH]cc(CCN(C)C)c45)CC3)c12. The lowest BCUT2D eigenvalue weighted by molar-refractivity contribution is -0.145. The Kier molecular flexibility index (Phi) is 8.57. The molecule has 0 atom stereocenters. The van der Waals surface area contributed by atoms with Crippen LogP contribution in [0.15, 0.2) is 48.8 Å². The highest BCUT2D eigenvalue weighted by Crippen LogP contribution is 2.35. The fraction of sp³-hybridized carbons (Fsp3) is 0.438. The highest BCUT2D eigenvalue weighted by molar-refractivity contribution is 5.93. The van der Waals surface area contributed by atoms with E-state index in [9.17, 15) is 9.59 Å². The van der Waals surface area contributed by atoms with Gasteiger partial charge in [0.1, 0.15) is 11.5 Å². The third kappa shape index (κ3) is 6.24. The van der Waals surface area contributed by atoms with Crippen molar-refractivity contribution in [2.24, 2.45) is 11.8 Å². The maximum atomic E-state index is 13.2. The third-order valence-corrected chi connectivity index (χ3v) is 7.97. The summed E-state index contributed by atoms with van der Waals surface area (Å²) in [6.07, 6.45) is 8.17. The van der Waals surface area contributed by atoms with Gasteiger partial charge in [0.05, 0.1) is 11.8 Å². The minimum absolute atomic E-state index is 0.221. The number of fused-ring (bicyclic) bond motifs is 2. The van der Waals surface area contributed by atoms with Crippen molar-refractivity contribution in [3.8, 4) is 11.5 Å². The monoisotopic (exact) mass is 544 g/mol. The van der Waals surface area contributed by atoms with Crippen LogP contribution in [0.5, 0.6) is 11.5 Å². The fourth-order valence-electron chi connectivity index (χ4n) is 5.64. The van der Waals surface area contributed by atoms with Gasteiger partial charge in [0.2, 0.25) is 0 Å². The second-order valence-electron chi connectivity index (χ2n) is 11.5. The Bertz CT molecular complexity index is 1360. The first kappa shape index (κ1) is 27.9. The maximum Gasteiger partial charge on any atom is 0.314 e. The first-order chi connectivity index (χ1) is 19.3. The minimum atomic E-state index is -0.228. The Labute approximate surface area is 235 Å². The van der Waals surface area contributed by atoms with Gasteiger partial charge < -0.3 is 29.2 Å². The average molecular weight is 545 g/mol. The van der Waals surface area contributed by atoms with Gasteiger partial charge >= 0.3 is 11.9 Å². The first-order valence-electron chi connectivity index (χ1n) is 14.2.